The number of aliphatic hydroxyl groups is 1. The van der Waals surface area contributed by atoms with Crippen molar-refractivity contribution in [3.8, 4) is 5.75 Å². The first kappa shape index (κ1) is 20.5. The van der Waals surface area contributed by atoms with Gasteiger partial charge in [0, 0.05) is 16.1 Å². The summed E-state index contributed by atoms with van der Waals surface area (Å²) in [7, 11) is 0. The Morgan fingerprint density at radius 2 is 2.03 bits per heavy atom. The van der Waals surface area contributed by atoms with Gasteiger partial charge in [-0.3, -0.25) is 14.5 Å². The number of fused-ring (bicyclic) bond motifs is 1. The number of benzene rings is 2. The Morgan fingerprint density at radius 1 is 1.19 bits per heavy atom. The summed E-state index contributed by atoms with van der Waals surface area (Å²) < 4.78 is 19.6. The molecule has 0 radical (unpaired) electrons. The maximum absolute atomic E-state index is 14.0. The zero-order chi connectivity index (χ0) is 22.4. The number of carbonyl (C=O) groups excluding carboxylic acids is 2. The number of nitrogens with zero attached hydrogens (tertiary/aromatic N) is 1. The molecule has 1 amide bonds. The summed E-state index contributed by atoms with van der Waals surface area (Å²) in [6.45, 7) is 2.53. The van der Waals surface area contributed by atoms with Crippen molar-refractivity contribution in [2.75, 3.05) is 11.5 Å². The van der Waals surface area contributed by atoms with Gasteiger partial charge in [0.15, 0.2) is 0 Å². The molecule has 2 aromatic carbocycles. The zero-order valence-electron chi connectivity index (χ0n) is 17.3. The van der Waals surface area contributed by atoms with Gasteiger partial charge in [-0.25, -0.2) is 4.39 Å². The highest BCUT2D eigenvalue weighted by Gasteiger charge is 2.48. The Kier molecular flexibility index (Phi) is 5.06. The predicted octanol–water partition coefficient (Wildman–Crippen LogP) is 5.15. The molecule has 0 saturated carbocycles. The van der Waals surface area contributed by atoms with Gasteiger partial charge in [-0.2, -0.15) is 0 Å². The van der Waals surface area contributed by atoms with Crippen LogP contribution in [0.3, 0.4) is 0 Å². The molecule has 32 heavy (non-hydrogen) atoms. The SMILES string of the molecule is Cc1ccsc1C1/C(=C(/O)c2ccc3c(c2)CCCO3)C(=O)C(=O)N1c1cccc(F)c1. The van der Waals surface area contributed by atoms with Crippen LogP contribution in [0.5, 0.6) is 5.75 Å². The van der Waals surface area contributed by atoms with Crippen molar-refractivity contribution >= 4 is 34.5 Å². The number of rotatable bonds is 3. The number of hydrogen-bond acceptors (Lipinski definition) is 5. The van der Waals surface area contributed by atoms with Gasteiger partial charge in [0.25, 0.3) is 11.7 Å². The Morgan fingerprint density at radius 3 is 2.78 bits per heavy atom. The quantitative estimate of drug-likeness (QED) is 0.341. The zero-order valence-corrected chi connectivity index (χ0v) is 18.1. The van der Waals surface area contributed by atoms with Gasteiger partial charge in [0.2, 0.25) is 0 Å². The molecule has 0 bridgehead atoms. The van der Waals surface area contributed by atoms with Crippen LogP contribution in [-0.4, -0.2) is 23.4 Å². The van der Waals surface area contributed by atoms with E-state index in [1.165, 1.54) is 34.4 Å². The molecule has 1 fully saturated rings. The van der Waals surface area contributed by atoms with E-state index in [0.717, 1.165) is 34.6 Å². The fraction of sp³-hybridized carbons (Fsp3) is 0.200. The summed E-state index contributed by atoms with van der Waals surface area (Å²) in [4.78, 5) is 28.3. The number of anilines is 1. The van der Waals surface area contributed by atoms with Gasteiger partial charge in [-0.1, -0.05) is 6.07 Å². The van der Waals surface area contributed by atoms with E-state index in [2.05, 4.69) is 0 Å². The summed E-state index contributed by atoms with van der Waals surface area (Å²) >= 11 is 1.39. The molecule has 1 saturated heterocycles. The van der Waals surface area contributed by atoms with E-state index in [1.54, 1.807) is 24.3 Å². The van der Waals surface area contributed by atoms with Crippen molar-refractivity contribution in [2.45, 2.75) is 25.8 Å². The standard InChI is InChI=1S/C25H20FNO4S/c1-14-9-11-32-24(14)21-20(22(28)16-7-8-19-15(12-16)4-3-10-31-19)23(29)25(30)27(21)18-6-2-5-17(26)13-18/h2,5-9,11-13,21,28H,3-4,10H2,1H3/b22-20-. The summed E-state index contributed by atoms with van der Waals surface area (Å²) in [6, 6.07) is 11.9. The van der Waals surface area contributed by atoms with Crippen molar-refractivity contribution < 1.29 is 23.8 Å². The largest absolute Gasteiger partial charge is 0.507 e. The third-order valence-corrected chi connectivity index (χ3v) is 6.93. The number of amides is 1. The second-order valence-corrected chi connectivity index (χ2v) is 8.84. The molecule has 5 nitrogen and oxygen atoms in total. The molecule has 2 aliphatic heterocycles. The van der Waals surface area contributed by atoms with E-state index in [0.29, 0.717) is 12.2 Å². The molecular weight excluding hydrogens is 429 g/mol. The topological polar surface area (TPSA) is 66.8 Å². The van der Waals surface area contributed by atoms with Crippen LogP contribution < -0.4 is 9.64 Å². The number of hydrogen-bond donors (Lipinski definition) is 1. The first-order chi connectivity index (χ1) is 15.5. The van der Waals surface area contributed by atoms with Crippen LogP contribution in [-0.2, 0) is 16.0 Å². The minimum absolute atomic E-state index is 0.00138. The van der Waals surface area contributed by atoms with E-state index >= 15 is 0 Å². The molecule has 7 heteroatoms. The number of aryl methyl sites for hydroxylation is 2. The lowest BCUT2D eigenvalue weighted by atomic mass is 9.96. The fourth-order valence-corrected chi connectivity index (χ4v) is 5.33. The van der Waals surface area contributed by atoms with Crippen molar-refractivity contribution in [1.29, 1.82) is 0 Å². The Hall–Kier alpha value is -3.45. The van der Waals surface area contributed by atoms with Crippen molar-refractivity contribution in [3.05, 3.63) is 86.9 Å². The molecular formula is C25H20FNO4S. The highest BCUT2D eigenvalue weighted by atomic mass is 32.1. The molecule has 162 valence electrons. The van der Waals surface area contributed by atoms with E-state index in [4.69, 9.17) is 4.74 Å². The minimum atomic E-state index is -0.843. The number of thiophene rings is 1. The number of aliphatic hydroxyl groups excluding tert-OH is 1. The van der Waals surface area contributed by atoms with E-state index in [-0.39, 0.29) is 17.0 Å². The summed E-state index contributed by atoms with van der Waals surface area (Å²) in [5.74, 6) is -1.58. The minimum Gasteiger partial charge on any atom is -0.507 e. The normalized spacial score (nSPS) is 19.7. The number of Topliss-reactive ketones (excluding diaryl/α,β-unsaturated/α-hetero) is 1. The lowest BCUT2D eigenvalue weighted by Gasteiger charge is -2.25. The van der Waals surface area contributed by atoms with Gasteiger partial charge >= 0.3 is 0 Å². The van der Waals surface area contributed by atoms with Crippen LogP contribution >= 0.6 is 11.3 Å². The lowest BCUT2D eigenvalue weighted by Crippen LogP contribution is -2.29. The van der Waals surface area contributed by atoms with Crippen LogP contribution in [0, 0.1) is 12.7 Å². The molecule has 3 aromatic rings. The van der Waals surface area contributed by atoms with Gasteiger partial charge in [0.05, 0.1) is 12.2 Å². The Labute approximate surface area is 188 Å². The van der Waals surface area contributed by atoms with Crippen LogP contribution in [0.4, 0.5) is 10.1 Å². The van der Waals surface area contributed by atoms with Crippen LogP contribution in [0.15, 0.2) is 59.5 Å². The summed E-state index contributed by atoms with van der Waals surface area (Å²) in [5, 5.41) is 13.1. The molecule has 1 N–H and O–H groups in total. The number of ether oxygens (including phenoxy) is 1. The first-order valence-corrected chi connectivity index (χ1v) is 11.2. The van der Waals surface area contributed by atoms with Crippen LogP contribution in [0.25, 0.3) is 5.76 Å². The average molecular weight is 450 g/mol. The Balaban J connectivity index is 1.70. The molecule has 0 spiro atoms. The van der Waals surface area contributed by atoms with Crippen LogP contribution in [0.2, 0.25) is 0 Å². The summed E-state index contributed by atoms with van der Waals surface area (Å²) in [5.41, 5.74) is 2.55. The second kappa shape index (κ2) is 7.91. The summed E-state index contributed by atoms with van der Waals surface area (Å²) in [6.07, 6.45) is 1.68. The van der Waals surface area contributed by atoms with Crippen molar-refractivity contribution in [2.24, 2.45) is 0 Å². The average Bonchev–Trinajstić information content (AvgIpc) is 3.33. The molecule has 5 rings (SSSR count). The molecule has 3 heterocycles. The molecule has 2 aliphatic rings. The highest BCUT2D eigenvalue weighted by Crippen LogP contribution is 2.45. The van der Waals surface area contributed by atoms with E-state index in [9.17, 15) is 19.1 Å². The second-order valence-electron chi connectivity index (χ2n) is 7.89. The Bertz CT molecular complexity index is 1280. The molecule has 1 aromatic heterocycles. The predicted molar refractivity (Wildman–Crippen MR) is 120 cm³/mol. The molecule has 1 atom stereocenters. The van der Waals surface area contributed by atoms with Crippen molar-refractivity contribution in [1.82, 2.24) is 0 Å². The van der Waals surface area contributed by atoms with Gasteiger partial charge in [-0.15, -0.1) is 11.3 Å². The monoisotopic (exact) mass is 449 g/mol. The van der Waals surface area contributed by atoms with Crippen molar-refractivity contribution in [3.63, 3.8) is 0 Å². The van der Waals surface area contributed by atoms with Gasteiger partial charge < -0.3 is 9.84 Å². The maximum atomic E-state index is 14.0. The van der Waals surface area contributed by atoms with E-state index in [1.807, 2.05) is 18.4 Å². The highest BCUT2D eigenvalue weighted by molar-refractivity contribution is 7.10. The van der Waals surface area contributed by atoms with Gasteiger partial charge in [0.1, 0.15) is 23.4 Å². The first-order valence-electron chi connectivity index (χ1n) is 10.3. The third-order valence-electron chi connectivity index (χ3n) is 5.86. The van der Waals surface area contributed by atoms with Gasteiger partial charge in [-0.05, 0) is 78.7 Å². The fourth-order valence-electron chi connectivity index (χ4n) is 4.30. The number of halogens is 1. The lowest BCUT2D eigenvalue weighted by molar-refractivity contribution is -0.132. The number of carbonyl (C=O) groups is 2. The molecule has 1 unspecified atom stereocenters. The smallest absolute Gasteiger partial charge is 0.300 e. The maximum Gasteiger partial charge on any atom is 0.300 e. The number of ketones is 1. The van der Waals surface area contributed by atoms with Crippen LogP contribution in [0.1, 0.15) is 34.0 Å². The van der Waals surface area contributed by atoms with E-state index < -0.39 is 23.5 Å². The third kappa shape index (κ3) is 3.29. The molecule has 0 aliphatic carbocycles.